The first-order valence-electron chi connectivity index (χ1n) is 3.80. The van der Waals surface area contributed by atoms with Crippen molar-refractivity contribution < 1.29 is 4.39 Å². The number of aryl methyl sites for hydroxylation is 2. The van der Waals surface area contributed by atoms with Crippen LogP contribution in [-0.2, 0) is 0 Å². The molecule has 1 aromatic carbocycles. The van der Waals surface area contributed by atoms with Gasteiger partial charge in [0.05, 0.1) is 11.0 Å². The van der Waals surface area contributed by atoms with Gasteiger partial charge in [-0.1, -0.05) is 0 Å². The molecule has 0 saturated heterocycles. The molecule has 0 aliphatic heterocycles. The first-order chi connectivity index (χ1) is 5.68. The number of hydrogen-bond acceptors (Lipinski definition) is 1. The van der Waals surface area contributed by atoms with Crippen LogP contribution in [0.3, 0.4) is 0 Å². The minimum absolute atomic E-state index is 0.200. The van der Waals surface area contributed by atoms with Crippen LogP contribution in [-0.4, -0.2) is 9.97 Å². The highest BCUT2D eigenvalue weighted by atomic mass is 19.1. The number of rotatable bonds is 0. The second kappa shape index (κ2) is 2.30. The Kier molecular flexibility index (Phi) is 1.40. The normalized spacial score (nSPS) is 10.9. The largest absolute Gasteiger partial charge is 0.342 e. The predicted molar refractivity (Wildman–Crippen MR) is 45.5 cm³/mol. The number of aromatic amines is 1. The molecule has 0 bridgehead atoms. The van der Waals surface area contributed by atoms with E-state index in [0.717, 1.165) is 16.9 Å². The predicted octanol–water partition coefficient (Wildman–Crippen LogP) is 2.32. The summed E-state index contributed by atoms with van der Waals surface area (Å²) in [7, 11) is 0. The van der Waals surface area contributed by atoms with Crippen LogP contribution in [0.5, 0.6) is 0 Å². The minimum Gasteiger partial charge on any atom is -0.342 e. The highest BCUT2D eigenvalue weighted by molar-refractivity contribution is 5.78. The molecule has 1 aromatic heterocycles. The Morgan fingerprint density at radius 3 is 2.83 bits per heavy atom. The molecule has 0 unspecified atom stereocenters. The van der Waals surface area contributed by atoms with Gasteiger partial charge < -0.3 is 4.98 Å². The molecule has 0 saturated carbocycles. The Balaban J connectivity index is 2.89. The number of aromatic nitrogens is 2. The number of H-pyrrole nitrogens is 1. The van der Waals surface area contributed by atoms with Crippen LogP contribution in [0.1, 0.15) is 11.4 Å². The van der Waals surface area contributed by atoms with E-state index in [0.29, 0.717) is 5.56 Å². The Bertz CT molecular complexity index is 431. The molecule has 0 spiro atoms. The summed E-state index contributed by atoms with van der Waals surface area (Å²) in [6.45, 7) is 3.59. The molecule has 0 amide bonds. The quantitative estimate of drug-likeness (QED) is 0.636. The van der Waals surface area contributed by atoms with Crippen LogP contribution in [0.2, 0.25) is 0 Å². The van der Waals surface area contributed by atoms with Crippen molar-refractivity contribution in [1.82, 2.24) is 9.97 Å². The van der Waals surface area contributed by atoms with Gasteiger partial charge in [0, 0.05) is 5.56 Å². The summed E-state index contributed by atoms with van der Waals surface area (Å²) in [4.78, 5) is 7.23. The SMILES string of the molecule is Cc1nc2c(C)c(F)ccc2[nH]1. The van der Waals surface area contributed by atoms with E-state index in [4.69, 9.17) is 0 Å². The zero-order valence-electron chi connectivity index (χ0n) is 6.98. The highest BCUT2D eigenvalue weighted by Gasteiger charge is 2.05. The molecular weight excluding hydrogens is 155 g/mol. The van der Waals surface area contributed by atoms with Gasteiger partial charge in [-0.2, -0.15) is 0 Å². The summed E-state index contributed by atoms with van der Waals surface area (Å²) in [5, 5.41) is 0. The topological polar surface area (TPSA) is 28.7 Å². The third kappa shape index (κ3) is 0.897. The molecule has 0 radical (unpaired) electrons. The van der Waals surface area contributed by atoms with Gasteiger partial charge in [-0.3, -0.25) is 0 Å². The fourth-order valence-corrected chi connectivity index (χ4v) is 1.31. The van der Waals surface area contributed by atoms with E-state index in [1.807, 2.05) is 6.92 Å². The highest BCUT2D eigenvalue weighted by Crippen LogP contribution is 2.18. The Hall–Kier alpha value is -1.38. The second-order valence-corrected chi connectivity index (χ2v) is 2.89. The van der Waals surface area contributed by atoms with Gasteiger partial charge >= 0.3 is 0 Å². The minimum atomic E-state index is -0.200. The van der Waals surface area contributed by atoms with E-state index < -0.39 is 0 Å². The number of nitrogens with zero attached hydrogens (tertiary/aromatic N) is 1. The van der Waals surface area contributed by atoms with Crippen LogP contribution in [0, 0.1) is 19.7 Å². The molecule has 1 N–H and O–H groups in total. The number of benzene rings is 1. The van der Waals surface area contributed by atoms with Gasteiger partial charge in [0.25, 0.3) is 0 Å². The van der Waals surface area contributed by atoms with Crippen molar-refractivity contribution in [2.75, 3.05) is 0 Å². The maximum Gasteiger partial charge on any atom is 0.128 e. The van der Waals surface area contributed by atoms with Gasteiger partial charge in [0.15, 0.2) is 0 Å². The number of hydrogen-bond donors (Lipinski definition) is 1. The lowest BCUT2D eigenvalue weighted by atomic mass is 10.2. The number of imidazole rings is 1. The van der Waals surface area contributed by atoms with Crippen molar-refractivity contribution in [2.45, 2.75) is 13.8 Å². The van der Waals surface area contributed by atoms with Crippen LogP contribution in [0.15, 0.2) is 12.1 Å². The number of halogens is 1. The molecule has 2 rings (SSSR count). The van der Waals surface area contributed by atoms with Gasteiger partial charge in [-0.15, -0.1) is 0 Å². The molecule has 0 fully saturated rings. The Morgan fingerprint density at radius 2 is 2.08 bits per heavy atom. The van der Waals surface area contributed by atoms with E-state index >= 15 is 0 Å². The van der Waals surface area contributed by atoms with Crippen LogP contribution in [0.4, 0.5) is 4.39 Å². The van der Waals surface area contributed by atoms with Crippen LogP contribution in [0.25, 0.3) is 11.0 Å². The maximum atomic E-state index is 13.0. The molecule has 1 heterocycles. The van der Waals surface area contributed by atoms with E-state index in [2.05, 4.69) is 9.97 Å². The van der Waals surface area contributed by atoms with E-state index in [-0.39, 0.29) is 5.82 Å². The van der Waals surface area contributed by atoms with Crippen molar-refractivity contribution in [2.24, 2.45) is 0 Å². The number of nitrogens with one attached hydrogen (secondary N) is 1. The fraction of sp³-hybridized carbons (Fsp3) is 0.222. The summed E-state index contributed by atoms with van der Waals surface area (Å²) in [6, 6.07) is 3.16. The molecule has 0 aliphatic carbocycles. The van der Waals surface area contributed by atoms with E-state index in [1.54, 1.807) is 13.0 Å². The average molecular weight is 164 g/mol. The van der Waals surface area contributed by atoms with Crippen molar-refractivity contribution in [3.63, 3.8) is 0 Å². The molecule has 12 heavy (non-hydrogen) atoms. The van der Waals surface area contributed by atoms with Crippen molar-refractivity contribution in [1.29, 1.82) is 0 Å². The standard InChI is InChI=1S/C9H9FN2/c1-5-7(10)3-4-8-9(5)12-6(2)11-8/h3-4H,1-2H3,(H,11,12). The lowest BCUT2D eigenvalue weighted by Gasteiger charge is -1.94. The second-order valence-electron chi connectivity index (χ2n) is 2.89. The molecular formula is C9H9FN2. The zero-order valence-corrected chi connectivity index (χ0v) is 6.98. The van der Waals surface area contributed by atoms with Crippen molar-refractivity contribution in [3.05, 3.63) is 29.3 Å². The first-order valence-corrected chi connectivity index (χ1v) is 3.80. The van der Waals surface area contributed by atoms with Gasteiger partial charge in [0.1, 0.15) is 11.6 Å². The maximum absolute atomic E-state index is 13.0. The van der Waals surface area contributed by atoms with E-state index in [1.165, 1.54) is 6.07 Å². The molecule has 0 aliphatic rings. The average Bonchev–Trinajstić information content (AvgIpc) is 2.39. The zero-order chi connectivity index (χ0) is 8.72. The van der Waals surface area contributed by atoms with Crippen molar-refractivity contribution in [3.8, 4) is 0 Å². The summed E-state index contributed by atoms with van der Waals surface area (Å²) in [5.41, 5.74) is 2.23. The smallest absolute Gasteiger partial charge is 0.128 e. The summed E-state index contributed by atoms with van der Waals surface area (Å²) in [6.07, 6.45) is 0. The molecule has 62 valence electrons. The van der Waals surface area contributed by atoms with E-state index in [9.17, 15) is 4.39 Å². The van der Waals surface area contributed by atoms with Gasteiger partial charge in [-0.05, 0) is 26.0 Å². The molecule has 0 atom stereocenters. The number of fused-ring (bicyclic) bond motifs is 1. The summed E-state index contributed by atoms with van der Waals surface area (Å²) >= 11 is 0. The lowest BCUT2D eigenvalue weighted by Crippen LogP contribution is -1.82. The summed E-state index contributed by atoms with van der Waals surface area (Å²) in [5.74, 6) is 0.618. The van der Waals surface area contributed by atoms with Gasteiger partial charge in [0.2, 0.25) is 0 Å². The third-order valence-electron chi connectivity index (χ3n) is 1.96. The third-order valence-corrected chi connectivity index (χ3v) is 1.96. The fourth-order valence-electron chi connectivity index (χ4n) is 1.31. The monoisotopic (exact) mass is 164 g/mol. The van der Waals surface area contributed by atoms with Crippen LogP contribution >= 0.6 is 0 Å². The van der Waals surface area contributed by atoms with Gasteiger partial charge in [-0.25, -0.2) is 9.37 Å². The molecule has 2 aromatic rings. The Morgan fingerprint density at radius 1 is 1.33 bits per heavy atom. The Labute approximate surface area is 69.4 Å². The lowest BCUT2D eigenvalue weighted by molar-refractivity contribution is 0.620. The molecule has 2 nitrogen and oxygen atoms in total. The first kappa shape index (κ1) is 7.28. The summed E-state index contributed by atoms with van der Waals surface area (Å²) < 4.78 is 13.0. The van der Waals surface area contributed by atoms with Crippen LogP contribution < -0.4 is 0 Å². The van der Waals surface area contributed by atoms with Crippen molar-refractivity contribution >= 4 is 11.0 Å². The molecule has 3 heteroatoms.